The van der Waals surface area contributed by atoms with E-state index < -0.39 is 22.2 Å². The highest BCUT2D eigenvalue weighted by Gasteiger charge is 2.40. The average molecular weight is 322 g/mol. The van der Waals surface area contributed by atoms with Crippen LogP contribution in [0.15, 0.2) is 0 Å². The first kappa shape index (κ1) is 16.1. The van der Waals surface area contributed by atoms with Crippen LogP contribution in [0, 0.1) is 0 Å². The Morgan fingerprint density at radius 1 is 1.25 bits per heavy atom. The molecule has 0 bridgehead atoms. The van der Waals surface area contributed by atoms with Crippen LogP contribution in [0.5, 0.6) is 0 Å². The number of thioether (sulfide) groups is 1. The van der Waals surface area contributed by atoms with Crippen LogP contribution >= 0.6 is 11.8 Å². The molecule has 0 unspecified atom stereocenters. The number of carbonyl (C=O) groups is 1. The average Bonchev–Trinajstić information content (AvgIpc) is 2.48. The van der Waals surface area contributed by atoms with Crippen LogP contribution in [0.2, 0.25) is 0 Å². The number of nitrogens with zero attached hydrogens (tertiary/aromatic N) is 2. The number of piperidine rings is 1. The Morgan fingerprint density at radius 3 is 2.60 bits per heavy atom. The summed E-state index contributed by atoms with van der Waals surface area (Å²) in [5.41, 5.74) is 0. The van der Waals surface area contributed by atoms with E-state index in [1.165, 1.54) is 8.61 Å². The predicted octanol–water partition coefficient (Wildman–Crippen LogP) is 0.698. The Bertz CT molecular complexity index is 435. The summed E-state index contributed by atoms with van der Waals surface area (Å²) >= 11 is 1.76. The van der Waals surface area contributed by atoms with Crippen molar-refractivity contribution in [1.82, 2.24) is 8.61 Å². The van der Waals surface area contributed by atoms with E-state index in [0.717, 1.165) is 24.3 Å². The minimum Gasteiger partial charge on any atom is -0.465 e. The largest absolute Gasteiger partial charge is 0.465 e. The van der Waals surface area contributed by atoms with Crippen molar-refractivity contribution in [3.63, 3.8) is 0 Å². The molecule has 0 aromatic heterocycles. The molecule has 2 aliphatic rings. The first-order valence-corrected chi connectivity index (χ1v) is 9.64. The molecule has 8 heteroatoms. The molecule has 0 radical (unpaired) electrons. The predicted molar refractivity (Wildman–Crippen MR) is 78.8 cm³/mol. The summed E-state index contributed by atoms with van der Waals surface area (Å²) in [7, 11) is -3.55. The van der Waals surface area contributed by atoms with Crippen molar-refractivity contribution in [2.45, 2.75) is 32.2 Å². The second-order valence-corrected chi connectivity index (χ2v) is 8.00. The van der Waals surface area contributed by atoms with Gasteiger partial charge in [-0.05, 0) is 26.2 Å². The third-order valence-electron chi connectivity index (χ3n) is 3.61. The van der Waals surface area contributed by atoms with Gasteiger partial charge in [0.2, 0.25) is 0 Å². The number of rotatable bonds is 4. The third-order valence-corrected chi connectivity index (χ3v) is 6.60. The van der Waals surface area contributed by atoms with Crippen LogP contribution in [-0.4, -0.2) is 66.8 Å². The van der Waals surface area contributed by atoms with E-state index >= 15 is 0 Å². The van der Waals surface area contributed by atoms with Gasteiger partial charge in [0.25, 0.3) is 10.2 Å². The molecule has 116 valence electrons. The maximum atomic E-state index is 12.7. The molecule has 0 N–H and O–H groups in total. The Hall–Kier alpha value is -0.310. The summed E-state index contributed by atoms with van der Waals surface area (Å²) < 4.78 is 33.3. The van der Waals surface area contributed by atoms with Gasteiger partial charge in [-0.3, -0.25) is 4.79 Å². The van der Waals surface area contributed by atoms with E-state index in [4.69, 9.17) is 4.74 Å². The highest BCUT2D eigenvalue weighted by molar-refractivity contribution is 7.99. The minimum absolute atomic E-state index is 0.281. The molecule has 2 fully saturated rings. The second kappa shape index (κ2) is 7.11. The molecule has 0 aromatic rings. The smallest absolute Gasteiger partial charge is 0.324 e. The number of hydrogen-bond donors (Lipinski definition) is 0. The molecule has 0 saturated carbocycles. The highest BCUT2D eigenvalue weighted by Crippen LogP contribution is 2.25. The number of esters is 1. The molecule has 1 atom stereocenters. The maximum Gasteiger partial charge on any atom is 0.324 e. The van der Waals surface area contributed by atoms with Gasteiger partial charge < -0.3 is 4.74 Å². The minimum atomic E-state index is -3.55. The zero-order valence-corrected chi connectivity index (χ0v) is 13.4. The lowest BCUT2D eigenvalue weighted by Crippen LogP contribution is -2.55. The summed E-state index contributed by atoms with van der Waals surface area (Å²) in [6.45, 7) is 3.48. The van der Waals surface area contributed by atoms with Crippen LogP contribution in [0.25, 0.3) is 0 Å². The Morgan fingerprint density at radius 2 is 1.95 bits per heavy atom. The lowest BCUT2D eigenvalue weighted by Gasteiger charge is -2.37. The third kappa shape index (κ3) is 3.47. The van der Waals surface area contributed by atoms with Crippen LogP contribution in [0.4, 0.5) is 0 Å². The van der Waals surface area contributed by atoms with Crippen LogP contribution in [-0.2, 0) is 19.7 Å². The number of hydrogen-bond acceptors (Lipinski definition) is 5. The molecule has 20 heavy (non-hydrogen) atoms. The molecule has 2 rings (SSSR count). The molecular weight excluding hydrogens is 300 g/mol. The fourth-order valence-electron chi connectivity index (χ4n) is 2.58. The van der Waals surface area contributed by atoms with E-state index in [-0.39, 0.29) is 6.61 Å². The zero-order chi connectivity index (χ0) is 14.6. The molecule has 0 amide bonds. The molecule has 0 aromatic carbocycles. The maximum absolute atomic E-state index is 12.7. The standard InChI is InChI=1S/C12H22N2O4S2/c1-2-18-12(15)11-5-3-4-6-14(11)20(16,17)13-7-9-19-10-8-13/h11H,2-10H2,1H3/t11-/m1/s1. The fraction of sp³-hybridized carbons (Fsp3) is 0.917. The summed E-state index contributed by atoms with van der Waals surface area (Å²) in [6.07, 6.45) is 2.23. The quantitative estimate of drug-likeness (QED) is 0.713. The first-order valence-electron chi connectivity index (χ1n) is 7.08. The summed E-state index contributed by atoms with van der Waals surface area (Å²) in [5.74, 6) is 1.22. The molecule has 2 saturated heterocycles. The van der Waals surface area contributed by atoms with Crippen LogP contribution in [0.1, 0.15) is 26.2 Å². The Labute approximate surface area is 125 Å². The van der Waals surface area contributed by atoms with Crippen molar-refractivity contribution in [2.75, 3.05) is 37.7 Å². The fourth-order valence-corrected chi connectivity index (χ4v) is 5.53. The van der Waals surface area contributed by atoms with Gasteiger partial charge in [-0.15, -0.1) is 0 Å². The molecular formula is C12H22N2O4S2. The number of ether oxygens (including phenoxy) is 1. The van der Waals surface area contributed by atoms with E-state index in [9.17, 15) is 13.2 Å². The molecule has 2 heterocycles. The topological polar surface area (TPSA) is 66.9 Å². The number of carbonyl (C=O) groups excluding carboxylic acids is 1. The van der Waals surface area contributed by atoms with Crippen molar-refractivity contribution in [3.8, 4) is 0 Å². The van der Waals surface area contributed by atoms with Crippen molar-refractivity contribution >= 4 is 27.9 Å². The van der Waals surface area contributed by atoms with Gasteiger partial charge in [-0.2, -0.15) is 28.8 Å². The SMILES string of the molecule is CCOC(=O)[C@H]1CCCCN1S(=O)(=O)N1CCSCC1. The van der Waals surface area contributed by atoms with E-state index in [1.54, 1.807) is 18.7 Å². The monoisotopic (exact) mass is 322 g/mol. The summed E-state index contributed by atoms with van der Waals surface area (Å²) in [6, 6.07) is -0.650. The molecule has 6 nitrogen and oxygen atoms in total. The van der Waals surface area contributed by atoms with Gasteiger partial charge in [-0.1, -0.05) is 0 Å². The first-order chi connectivity index (χ1) is 9.57. The summed E-state index contributed by atoms with van der Waals surface area (Å²) in [5, 5.41) is 0. The summed E-state index contributed by atoms with van der Waals surface area (Å²) in [4.78, 5) is 12.0. The van der Waals surface area contributed by atoms with Gasteiger partial charge >= 0.3 is 5.97 Å². The molecule has 0 aliphatic carbocycles. The van der Waals surface area contributed by atoms with E-state index in [2.05, 4.69) is 0 Å². The van der Waals surface area contributed by atoms with Gasteiger partial charge in [0.05, 0.1) is 6.61 Å². The zero-order valence-electron chi connectivity index (χ0n) is 11.8. The molecule has 0 spiro atoms. The highest BCUT2D eigenvalue weighted by atomic mass is 32.2. The van der Waals surface area contributed by atoms with Crippen molar-refractivity contribution in [3.05, 3.63) is 0 Å². The molecule has 2 aliphatic heterocycles. The van der Waals surface area contributed by atoms with Gasteiger partial charge in [0, 0.05) is 31.1 Å². The van der Waals surface area contributed by atoms with Crippen LogP contribution < -0.4 is 0 Å². The normalized spacial score (nSPS) is 26.4. The van der Waals surface area contributed by atoms with E-state index in [0.29, 0.717) is 26.1 Å². The lowest BCUT2D eigenvalue weighted by atomic mass is 10.1. The Balaban J connectivity index is 2.15. The van der Waals surface area contributed by atoms with E-state index in [1.807, 2.05) is 0 Å². The van der Waals surface area contributed by atoms with Crippen molar-refractivity contribution in [2.24, 2.45) is 0 Å². The Kier molecular flexibility index (Phi) is 5.71. The van der Waals surface area contributed by atoms with Gasteiger partial charge in [0.15, 0.2) is 0 Å². The van der Waals surface area contributed by atoms with Gasteiger partial charge in [0.1, 0.15) is 6.04 Å². The van der Waals surface area contributed by atoms with Crippen molar-refractivity contribution < 1.29 is 17.9 Å². The van der Waals surface area contributed by atoms with Crippen LogP contribution in [0.3, 0.4) is 0 Å². The van der Waals surface area contributed by atoms with Crippen molar-refractivity contribution in [1.29, 1.82) is 0 Å². The lowest BCUT2D eigenvalue weighted by molar-refractivity contribution is -0.148. The van der Waals surface area contributed by atoms with Gasteiger partial charge in [-0.25, -0.2) is 0 Å². The second-order valence-electron chi connectivity index (χ2n) is 4.89.